The van der Waals surface area contributed by atoms with Crippen LogP contribution >= 0.6 is 0 Å². The van der Waals surface area contributed by atoms with Crippen molar-refractivity contribution >= 4 is 55.8 Å². The summed E-state index contributed by atoms with van der Waals surface area (Å²) >= 11 is 0. The van der Waals surface area contributed by atoms with Crippen LogP contribution in [0, 0.1) is 0 Å². The molecule has 0 bridgehead atoms. The number of rotatable bonds is 5. The molecule has 1 rings (SSSR count). The zero-order valence-electron chi connectivity index (χ0n) is 12.2. The van der Waals surface area contributed by atoms with Gasteiger partial charge in [-0.3, -0.25) is 4.55 Å². The fraction of sp³-hybridized carbons (Fsp3) is 0. The molecule has 0 aliphatic rings. The van der Waals surface area contributed by atoms with Gasteiger partial charge in [0.15, 0.2) is 0 Å². The van der Waals surface area contributed by atoms with Crippen molar-refractivity contribution in [1.82, 2.24) is 0 Å². The number of hydrogen-bond donors (Lipinski definition) is 1. The van der Waals surface area contributed by atoms with Gasteiger partial charge in [0.25, 0.3) is 0 Å². The van der Waals surface area contributed by atoms with E-state index in [0.717, 1.165) is 6.07 Å². The minimum atomic E-state index is -5.27. The number of aromatic carboxylic acids is 1. The summed E-state index contributed by atoms with van der Waals surface area (Å²) < 4.78 is 60.2. The molecule has 1 N–H and O–H groups in total. The number of carboxylic acids is 1. The Labute approximate surface area is 199 Å². The third-order valence-electron chi connectivity index (χ3n) is 1.64. The summed E-state index contributed by atoms with van der Waals surface area (Å²) in [6.45, 7) is 0. The Kier molecular flexibility index (Phi) is 16.1. The first kappa shape index (κ1) is 30.0. The molecule has 0 aromatic heterocycles. The molecular weight excluding hydrogens is 432 g/mol. The molecule has 130 valence electrons. The predicted molar refractivity (Wildman–Crippen MR) is 65.4 cm³/mol. The van der Waals surface area contributed by atoms with E-state index >= 15 is 0 Å². The molecule has 0 atom stereocenters. The van der Waals surface area contributed by atoms with Gasteiger partial charge in [0.2, 0.25) is 10.4 Å². The van der Waals surface area contributed by atoms with E-state index in [2.05, 4.69) is 13.6 Å². The monoisotopic (exact) mass is 436 g/mol. The van der Waals surface area contributed by atoms with Gasteiger partial charge in [0, 0.05) is 5.56 Å². The number of carbonyl (C=O) groups is 2. The second-order valence-electron chi connectivity index (χ2n) is 3.18. The van der Waals surface area contributed by atoms with Gasteiger partial charge in [-0.05, 0) is 6.07 Å². The second-order valence-corrected chi connectivity index (χ2v) is 5.12. The number of benzene rings is 1. The van der Waals surface area contributed by atoms with E-state index in [1.807, 2.05) is 0 Å². The van der Waals surface area contributed by atoms with Crippen molar-refractivity contribution in [3.8, 4) is 0 Å². The second kappa shape index (κ2) is 13.4. The Morgan fingerprint density at radius 2 is 1.44 bits per heavy atom. The molecule has 0 unspecified atom stereocenters. The zero-order valence-corrected chi connectivity index (χ0v) is 18.3. The molecule has 0 heterocycles. The van der Waals surface area contributed by atoms with Crippen LogP contribution in [0.25, 0.3) is 0 Å². The normalized spacial score (nSPS) is 10.2. The molecule has 0 saturated heterocycles. The molecule has 0 aliphatic carbocycles. The summed E-state index contributed by atoms with van der Waals surface area (Å²) in [6, 6.07) is 5.15. The summed E-state index contributed by atoms with van der Waals surface area (Å²) in [7, 11) is -10.3. The van der Waals surface area contributed by atoms with Gasteiger partial charge in [-0.15, -0.1) is 0 Å². The molecule has 0 amide bonds. The van der Waals surface area contributed by atoms with Crippen LogP contribution in [-0.2, 0) is 34.4 Å². The predicted octanol–water partition coefficient (Wildman–Crippen LogP) is -6.70. The number of carboxylic acid groups (broad SMARTS) is 1. The summed E-state index contributed by atoms with van der Waals surface area (Å²) in [4.78, 5) is 24.3. The third-order valence-corrected chi connectivity index (χ3v) is 2.20. The van der Waals surface area contributed by atoms with E-state index in [1.165, 1.54) is 18.2 Å². The summed E-state index contributed by atoms with van der Waals surface area (Å²) in [5.41, 5.74) is -0.666. The van der Waals surface area contributed by atoms with Crippen LogP contribution in [-0.4, -0.2) is 60.9 Å². The van der Waals surface area contributed by atoms with E-state index in [-0.39, 0.29) is 85.6 Å². The van der Waals surface area contributed by atoms with Gasteiger partial charge in [-0.2, -0.15) is 8.42 Å². The Morgan fingerprint density at radius 1 is 1.00 bits per heavy atom. The van der Waals surface area contributed by atoms with Crippen molar-refractivity contribution in [3.05, 3.63) is 35.4 Å². The maximum Gasteiger partial charge on any atom is 2.00 e. The first-order valence-corrected chi connectivity index (χ1v) is 7.52. The Morgan fingerprint density at radius 3 is 1.72 bits per heavy atom. The Balaban J connectivity index is -0.000000370. The van der Waals surface area contributed by atoms with E-state index < -0.39 is 32.7 Å². The fourth-order valence-corrected chi connectivity index (χ4v) is 1.51. The van der Waals surface area contributed by atoms with Gasteiger partial charge in [-0.1, -0.05) is 26.9 Å². The van der Waals surface area contributed by atoms with Gasteiger partial charge in [0.05, 0.1) is 11.5 Å². The molecule has 17 heteroatoms. The molecule has 0 radical (unpaired) electrons. The smallest absolute Gasteiger partial charge is 0.724 e. The first-order valence-electron chi connectivity index (χ1n) is 4.83. The van der Waals surface area contributed by atoms with Gasteiger partial charge in [-0.25, -0.2) is 13.2 Å². The number of hydrogen-bond acceptors (Lipinski definition) is 12. The van der Waals surface area contributed by atoms with E-state index in [9.17, 15) is 41.3 Å². The molecule has 1 aromatic carbocycles. The quantitative estimate of drug-likeness (QED) is 0.149. The van der Waals surface area contributed by atoms with Crippen LogP contribution in [0.15, 0.2) is 24.3 Å². The maximum atomic E-state index is 10.7. The molecule has 0 saturated carbocycles. The van der Waals surface area contributed by atoms with Crippen LogP contribution in [0.5, 0.6) is 0 Å². The molecule has 0 spiro atoms. The van der Waals surface area contributed by atoms with Crippen LogP contribution in [0.2, 0.25) is 0 Å². The average molecular weight is 437 g/mol. The third kappa shape index (κ3) is 15.1. The Hall–Kier alpha value is 0.263. The standard InChI is InChI=1S/C8H6O5.K.Mg.H2O8S2/c9-7(10)5-3-1-2-4-6(5)8(11)13-12;;;1-9(2,3)7-8-10(4,5)6/h1-4,12H,(H,9,10);;;(H,1,2,3)(H,4,5,6)/q;+1;+2;/p-3. The molecule has 0 aliphatic heterocycles. The van der Waals surface area contributed by atoms with Gasteiger partial charge < -0.3 is 24.6 Å². The topological polar surface area (TPSA) is 220 Å². The van der Waals surface area contributed by atoms with Crippen LogP contribution < -0.4 is 61.7 Å². The molecule has 13 nitrogen and oxygen atoms in total. The van der Waals surface area contributed by atoms with Crippen LogP contribution in [0.1, 0.15) is 20.7 Å². The van der Waals surface area contributed by atoms with Crippen molar-refractivity contribution in [3.63, 3.8) is 0 Å². The zero-order chi connectivity index (χ0) is 18.3. The van der Waals surface area contributed by atoms with E-state index in [0.29, 0.717) is 0 Å². The summed E-state index contributed by atoms with van der Waals surface area (Å²) in [6.07, 6.45) is 0. The van der Waals surface area contributed by atoms with Crippen molar-refractivity contribution in [2.24, 2.45) is 0 Å². The summed E-state index contributed by atoms with van der Waals surface area (Å²) in [5.74, 6) is -2.76. The number of carbonyl (C=O) groups excluding carboxylic acids is 2. The SMILES string of the molecule is O=C([O-])c1ccccc1C(=O)O[O-].O=S(=O)([O-])OOS(=O)(=O)O.[K+].[Mg+2]. The van der Waals surface area contributed by atoms with Crippen molar-refractivity contribution < 1.29 is 111 Å². The van der Waals surface area contributed by atoms with Gasteiger partial charge >= 0.3 is 90.8 Å². The van der Waals surface area contributed by atoms with Crippen molar-refractivity contribution in [2.75, 3.05) is 0 Å². The minimum absolute atomic E-state index is 0. The Bertz CT molecular complexity index is 743. The van der Waals surface area contributed by atoms with E-state index in [1.54, 1.807) is 0 Å². The van der Waals surface area contributed by atoms with Crippen LogP contribution in [0.4, 0.5) is 0 Å². The molecule has 0 fully saturated rings. The molecular formula is C8H5KMgO13S2. The van der Waals surface area contributed by atoms with Crippen molar-refractivity contribution in [1.29, 1.82) is 0 Å². The minimum Gasteiger partial charge on any atom is -0.724 e. The molecule has 1 aromatic rings. The average Bonchev–Trinajstić information content (AvgIpc) is 2.43. The summed E-state index contributed by atoms with van der Waals surface area (Å²) in [5, 5.41) is 20.2. The largest absolute Gasteiger partial charge is 2.00 e. The van der Waals surface area contributed by atoms with Gasteiger partial charge in [0.1, 0.15) is 0 Å². The molecule has 25 heavy (non-hydrogen) atoms. The van der Waals surface area contributed by atoms with Crippen LogP contribution in [0.3, 0.4) is 0 Å². The first-order chi connectivity index (χ1) is 10.4. The maximum absolute atomic E-state index is 10.7. The van der Waals surface area contributed by atoms with E-state index in [4.69, 9.17) is 4.55 Å². The fourth-order valence-electron chi connectivity index (χ4n) is 0.953. The van der Waals surface area contributed by atoms with Crippen molar-refractivity contribution in [2.45, 2.75) is 0 Å².